The molecule has 1 spiro atoms. The van der Waals surface area contributed by atoms with Crippen LogP contribution in [0.3, 0.4) is 0 Å². The Morgan fingerprint density at radius 1 is 0.848 bits per heavy atom. The van der Waals surface area contributed by atoms with Crippen molar-refractivity contribution < 1.29 is 24.2 Å². The summed E-state index contributed by atoms with van der Waals surface area (Å²) in [5.41, 5.74) is -0.746. The quantitative estimate of drug-likeness (QED) is 0.387. The van der Waals surface area contributed by atoms with Gasteiger partial charge in [-0.3, -0.25) is 14.4 Å². The van der Waals surface area contributed by atoms with Gasteiger partial charge in [-0.25, -0.2) is 0 Å². The summed E-state index contributed by atoms with van der Waals surface area (Å²) in [4.78, 5) is 49.6. The Kier molecular flexibility index (Phi) is 7.60. The standard InChI is InChI=1S/C38H41N3O5/c1-4-37-18-10-20-39(23-26-12-6-5-7-13-26)34(43)31(37)32-35(44)41(30(24-42)25(2)3)33-36(45)40(21-11-19-38(32,33)46-37)29-17-16-27-14-8-9-15-28(27)22-29/h5-19,22,25,30-33,42H,4,20-21,23-24H2,1-3H3/t30-,31-,32-,33?,37+,38-/m0/s1. The first-order valence-electron chi connectivity index (χ1n) is 16.4. The fourth-order valence-corrected chi connectivity index (χ4v) is 8.25. The number of fused-ring (bicyclic) bond motifs is 3. The number of hydrogen-bond donors (Lipinski definition) is 1. The predicted octanol–water partition coefficient (Wildman–Crippen LogP) is 4.72. The number of rotatable bonds is 7. The lowest BCUT2D eigenvalue weighted by Crippen LogP contribution is -2.60. The second kappa shape index (κ2) is 11.5. The van der Waals surface area contributed by atoms with E-state index in [1.165, 1.54) is 0 Å². The van der Waals surface area contributed by atoms with E-state index in [2.05, 4.69) is 0 Å². The molecule has 2 fully saturated rings. The van der Waals surface area contributed by atoms with Crippen molar-refractivity contribution in [2.45, 2.75) is 57.0 Å². The highest BCUT2D eigenvalue weighted by molar-refractivity contribution is 6.07. The van der Waals surface area contributed by atoms with Crippen LogP contribution in [0.2, 0.25) is 0 Å². The molecule has 3 amide bonds. The van der Waals surface area contributed by atoms with Crippen LogP contribution in [-0.4, -0.2) is 75.6 Å². The number of carbonyl (C=O) groups excluding carboxylic acids is 3. The summed E-state index contributed by atoms with van der Waals surface area (Å²) in [5.74, 6) is -2.68. The molecule has 0 aromatic heterocycles. The Balaban J connectivity index is 1.36. The van der Waals surface area contributed by atoms with Gasteiger partial charge in [0.1, 0.15) is 11.6 Å². The van der Waals surface area contributed by atoms with Crippen molar-refractivity contribution in [3.05, 3.63) is 103 Å². The highest BCUT2D eigenvalue weighted by Crippen LogP contribution is 2.59. The van der Waals surface area contributed by atoms with Gasteiger partial charge < -0.3 is 24.5 Å². The number of amides is 3. The van der Waals surface area contributed by atoms with Gasteiger partial charge in [-0.1, -0.05) is 106 Å². The van der Waals surface area contributed by atoms with Gasteiger partial charge in [-0.2, -0.15) is 0 Å². The number of aliphatic hydroxyl groups excluding tert-OH is 1. The Morgan fingerprint density at radius 3 is 2.28 bits per heavy atom. The third-order valence-electron chi connectivity index (χ3n) is 10.5. The first-order valence-corrected chi connectivity index (χ1v) is 16.4. The van der Waals surface area contributed by atoms with Gasteiger partial charge in [0, 0.05) is 25.3 Å². The topological polar surface area (TPSA) is 90.4 Å². The minimum absolute atomic E-state index is 0.144. The van der Waals surface area contributed by atoms with E-state index < -0.39 is 35.1 Å². The highest BCUT2D eigenvalue weighted by Gasteiger charge is 2.76. The molecule has 8 nitrogen and oxygen atoms in total. The largest absolute Gasteiger partial charge is 0.394 e. The molecule has 6 atom stereocenters. The number of benzene rings is 3. The van der Waals surface area contributed by atoms with Crippen molar-refractivity contribution in [3.8, 4) is 0 Å². The van der Waals surface area contributed by atoms with E-state index in [0.29, 0.717) is 25.2 Å². The van der Waals surface area contributed by atoms with Crippen LogP contribution in [0.15, 0.2) is 97.1 Å². The summed E-state index contributed by atoms with van der Waals surface area (Å²) >= 11 is 0. The minimum atomic E-state index is -1.39. The van der Waals surface area contributed by atoms with Crippen molar-refractivity contribution in [3.63, 3.8) is 0 Å². The average molecular weight is 620 g/mol. The summed E-state index contributed by atoms with van der Waals surface area (Å²) in [7, 11) is 0. The van der Waals surface area contributed by atoms with Crippen LogP contribution in [0.4, 0.5) is 5.69 Å². The van der Waals surface area contributed by atoms with E-state index in [4.69, 9.17) is 4.74 Å². The van der Waals surface area contributed by atoms with E-state index >= 15 is 0 Å². The van der Waals surface area contributed by atoms with Gasteiger partial charge in [0.25, 0.3) is 5.91 Å². The second-order valence-electron chi connectivity index (χ2n) is 13.4. The van der Waals surface area contributed by atoms with E-state index in [-0.39, 0.29) is 36.8 Å². The number of ether oxygens (including phenoxy) is 1. The van der Waals surface area contributed by atoms with Crippen LogP contribution in [0, 0.1) is 17.8 Å². The fraction of sp³-hybridized carbons (Fsp3) is 0.395. The molecule has 0 bridgehead atoms. The average Bonchev–Trinajstić information content (AvgIpc) is 3.36. The van der Waals surface area contributed by atoms with Crippen molar-refractivity contribution in [2.75, 3.05) is 24.6 Å². The lowest BCUT2D eigenvalue weighted by molar-refractivity contribution is -0.153. The lowest BCUT2D eigenvalue weighted by atomic mass is 9.73. The Hall–Kier alpha value is -4.27. The summed E-state index contributed by atoms with van der Waals surface area (Å²) in [6, 6.07) is 22.0. The molecule has 2 saturated heterocycles. The summed E-state index contributed by atoms with van der Waals surface area (Å²) in [6.07, 6.45) is 8.17. The molecule has 1 unspecified atom stereocenters. The van der Waals surface area contributed by atoms with Gasteiger partial charge in [0.05, 0.1) is 30.1 Å². The Labute approximate surface area is 269 Å². The smallest absolute Gasteiger partial charge is 0.253 e. The van der Waals surface area contributed by atoms with E-state index in [1.54, 1.807) is 14.7 Å². The maximum absolute atomic E-state index is 15.0. The first-order chi connectivity index (χ1) is 22.2. The van der Waals surface area contributed by atoms with Gasteiger partial charge >= 0.3 is 0 Å². The molecule has 4 aliphatic rings. The number of hydrogen-bond acceptors (Lipinski definition) is 5. The van der Waals surface area contributed by atoms with Crippen LogP contribution in [-0.2, 0) is 25.7 Å². The minimum Gasteiger partial charge on any atom is -0.394 e. The molecule has 4 aliphatic heterocycles. The molecular formula is C38H41N3O5. The molecule has 46 heavy (non-hydrogen) atoms. The van der Waals surface area contributed by atoms with Crippen molar-refractivity contribution >= 4 is 34.2 Å². The van der Waals surface area contributed by atoms with Gasteiger partial charge in [0.15, 0.2) is 0 Å². The zero-order chi connectivity index (χ0) is 32.2. The molecule has 0 saturated carbocycles. The molecule has 8 heteroatoms. The van der Waals surface area contributed by atoms with Gasteiger partial charge in [-0.05, 0) is 40.8 Å². The summed E-state index contributed by atoms with van der Waals surface area (Å²) < 4.78 is 7.13. The zero-order valence-corrected chi connectivity index (χ0v) is 26.6. The van der Waals surface area contributed by atoms with Crippen molar-refractivity contribution in [2.24, 2.45) is 17.8 Å². The van der Waals surface area contributed by atoms with Crippen molar-refractivity contribution in [1.29, 1.82) is 0 Å². The Morgan fingerprint density at radius 2 is 1.57 bits per heavy atom. The highest BCUT2D eigenvalue weighted by atomic mass is 16.5. The molecule has 1 N–H and O–H groups in total. The zero-order valence-electron chi connectivity index (χ0n) is 26.6. The fourth-order valence-electron chi connectivity index (χ4n) is 8.25. The van der Waals surface area contributed by atoms with E-state index in [9.17, 15) is 19.5 Å². The third kappa shape index (κ3) is 4.53. The van der Waals surface area contributed by atoms with Crippen LogP contribution in [0.25, 0.3) is 10.8 Å². The molecule has 3 aromatic carbocycles. The molecule has 7 rings (SSSR count). The first kappa shape index (κ1) is 30.4. The number of anilines is 1. The maximum Gasteiger partial charge on any atom is 0.253 e. The van der Waals surface area contributed by atoms with Crippen LogP contribution >= 0.6 is 0 Å². The van der Waals surface area contributed by atoms with E-state index in [0.717, 1.165) is 16.3 Å². The number of aliphatic hydroxyl groups is 1. The van der Waals surface area contributed by atoms with Crippen LogP contribution in [0.1, 0.15) is 32.8 Å². The third-order valence-corrected chi connectivity index (χ3v) is 10.5. The lowest BCUT2D eigenvalue weighted by Gasteiger charge is -2.41. The summed E-state index contributed by atoms with van der Waals surface area (Å²) in [6.45, 7) is 6.61. The molecule has 0 aliphatic carbocycles. The number of nitrogens with zero attached hydrogens (tertiary/aromatic N) is 3. The van der Waals surface area contributed by atoms with Crippen LogP contribution < -0.4 is 4.90 Å². The number of carbonyl (C=O) groups is 3. The molecule has 3 aromatic rings. The molecular weight excluding hydrogens is 578 g/mol. The van der Waals surface area contributed by atoms with Gasteiger partial charge in [-0.15, -0.1) is 0 Å². The van der Waals surface area contributed by atoms with Gasteiger partial charge in [0.2, 0.25) is 11.8 Å². The normalized spacial score (nSPS) is 29.6. The van der Waals surface area contributed by atoms with Crippen LogP contribution in [0.5, 0.6) is 0 Å². The van der Waals surface area contributed by atoms with Crippen molar-refractivity contribution in [1.82, 2.24) is 9.80 Å². The Bertz CT molecular complexity index is 1740. The molecule has 0 radical (unpaired) electrons. The molecule has 238 valence electrons. The summed E-state index contributed by atoms with van der Waals surface area (Å²) in [5, 5.41) is 12.7. The number of likely N-dealkylation sites (tertiary alicyclic amines) is 1. The molecule has 4 heterocycles. The SMILES string of the molecule is CC[C@@]12C=CCN(Cc3ccccc3)C(=O)[C@@H]1[C@H]1C(=O)N([C@@H](CO)C(C)C)C3C(=O)N(c4ccc5ccccc5c4)CC=C[C@@]31O2. The maximum atomic E-state index is 15.0. The van der Waals surface area contributed by atoms with E-state index in [1.807, 2.05) is 118 Å². The monoisotopic (exact) mass is 619 g/mol. The predicted molar refractivity (Wildman–Crippen MR) is 177 cm³/mol. The second-order valence-corrected chi connectivity index (χ2v) is 13.4.